The molecular formula is C26H33F3N6O3. The van der Waals surface area contributed by atoms with Gasteiger partial charge >= 0.3 is 6.18 Å². The van der Waals surface area contributed by atoms with Crippen molar-refractivity contribution in [2.75, 3.05) is 37.5 Å². The molecule has 206 valence electrons. The van der Waals surface area contributed by atoms with Crippen LogP contribution < -0.4 is 15.0 Å². The number of methoxy groups -OCH3 is 2. The van der Waals surface area contributed by atoms with E-state index in [9.17, 15) is 18.0 Å². The lowest BCUT2D eigenvalue weighted by Gasteiger charge is -2.42. The Hall–Kier alpha value is -2.99. The minimum absolute atomic E-state index is 0.0110. The molecule has 2 unspecified atom stereocenters. The van der Waals surface area contributed by atoms with Gasteiger partial charge in [0.25, 0.3) is 0 Å². The number of carbonyl (C=O) groups excluding carboxylic acids is 1. The molecule has 3 aliphatic rings. The van der Waals surface area contributed by atoms with Gasteiger partial charge in [0.2, 0.25) is 5.88 Å². The number of nitrogens with one attached hydrogen (secondary N) is 1. The van der Waals surface area contributed by atoms with Gasteiger partial charge in [0.1, 0.15) is 24.0 Å². The lowest BCUT2D eigenvalue weighted by atomic mass is 9.83. The highest BCUT2D eigenvalue weighted by atomic mass is 19.4. The number of hydrogen-bond acceptors (Lipinski definition) is 9. The number of aromatic nitrogens is 3. The summed E-state index contributed by atoms with van der Waals surface area (Å²) >= 11 is 0. The molecule has 4 atom stereocenters. The fraction of sp³-hybridized carbons (Fsp3) is 0.615. The fourth-order valence-electron chi connectivity index (χ4n) is 6.06. The van der Waals surface area contributed by atoms with Gasteiger partial charge in [-0.25, -0.2) is 15.0 Å². The van der Waals surface area contributed by atoms with Crippen LogP contribution in [-0.2, 0) is 28.7 Å². The van der Waals surface area contributed by atoms with E-state index in [0.717, 1.165) is 62.3 Å². The summed E-state index contributed by atoms with van der Waals surface area (Å²) in [7, 11) is 2.91. The molecule has 1 saturated carbocycles. The Labute approximate surface area is 219 Å². The number of halogens is 3. The van der Waals surface area contributed by atoms with Crippen LogP contribution in [0.5, 0.6) is 5.88 Å². The maximum Gasteiger partial charge on any atom is 0.421 e. The highest BCUT2D eigenvalue weighted by molar-refractivity contribution is 5.56. The normalized spacial score (nSPS) is 26.2. The Balaban J connectivity index is 1.37. The van der Waals surface area contributed by atoms with E-state index < -0.39 is 17.6 Å². The van der Waals surface area contributed by atoms with Crippen LogP contribution in [0.25, 0.3) is 0 Å². The smallest absolute Gasteiger partial charge is 0.421 e. The van der Waals surface area contributed by atoms with Gasteiger partial charge in [-0.1, -0.05) is 0 Å². The third-order valence-electron chi connectivity index (χ3n) is 8.02. The van der Waals surface area contributed by atoms with Crippen molar-refractivity contribution in [2.24, 2.45) is 5.92 Å². The van der Waals surface area contributed by atoms with Crippen molar-refractivity contribution in [3.05, 3.63) is 35.4 Å². The quantitative estimate of drug-likeness (QED) is 0.534. The maximum atomic E-state index is 13.6. The van der Waals surface area contributed by atoms with Crippen molar-refractivity contribution in [1.29, 1.82) is 0 Å². The minimum atomic E-state index is -4.58. The molecule has 2 fully saturated rings. The molecule has 1 N–H and O–H groups in total. The topological polar surface area (TPSA) is 92.7 Å². The van der Waals surface area contributed by atoms with Gasteiger partial charge in [-0.3, -0.25) is 4.90 Å². The number of anilines is 2. The van der Waals surface area contributed by atoms with Crippen LogP contribution in [0, 0.1) is 5.92 Å². The number of alkyl halides is 3. The van der Waals surface area contributed by atoms with E-state index in [-0.39, 0.29) is 24.2 Å². The zero-order chi connectivity index (χ0) is 26.9. The Bertz CT molecular complexity index is 1150. The Kier molecular flexibility index (Phi) is 7.71. The minimum Gasteiger partial charge on any atom is -0.481 e. The van der Waals surface area contributed by atoms with E-state index in [0.29, 0.717) is 31.0 Å². The van der Waals surface area contributed by atoms with Crippen molar-refractivity contribution in [1.82, 2.24) is 19.9 Å². The van der Waals surface area contributed by atoms with Gasteiger partial charge in [0.15, 0.2) is 0 Å². The second-order valence-electron chi connectivity index (χ2n) is 10.2. The first kappa shape index (κ1) is 26.6. The van der Waals surface area contributed by atoms with Crippen LogP contribution in [0.1, 0.15) is 48.9 Å². The highest BCUT2D eigenvalue weighted by Crippen LogP contribution is 2.39. The number of nitrogens with zero attached hydrogens (tertiary/aromatic N) is 5. The van der Waals surface area contributed by atoms with Gasteiger partial charge in [-0.2, -0.15) is 13.2 Å². The van der Waals surface area contributed by atoms with Crippen molar-refractivity contribution in [3.63, 3.8) is 0 Å². The predicted octanol–water partition coefficient (Wildman–Crippen LogP) is 3.68. The third kappa shape index (κ3) is 5.28. The third-order valence-corrected chi connectivity index (χ3v) is 8.02. The molecular weight excluding hydrogens is 501 g/mol. The van der Waals surface area contributed by atoms with Gasteiger partial charge in [-0.05, 0) is 38.2 Å². The SMILES string of the molecule is COc1ncc(N2CCc3ncnc(NC4CCCN4C4C[C@H](C=O)CC[C@@H]4OC)c3C2)cc1C(F)(F)F. The summed E-state index contributed by atoms with van der Waals surface area (Å²) in [6, 6.07) is 1.22. The molecule has 12 heteroatoms. The molecule has 9 nitrogen and oxygen atoms in total. The molecule has 1 saturated heterocycles. The van der Waals surface area contributed by atoms with Crippen LogP contribution >= 0.6 is 0 Å². The molecule has 0 bridgehead atoms. The predicted molar refractivity (Wildman–Crippen MR) is 134 cm³/mol. The molecule has 2 aromatic heterocycles. The second-order valence-corrected chi connectivity index (χ2v) is 10.2. The second kappa shape index (κ2) is 11.0. The Morgan fingerprint density at radius 2 is 1.97 bits per heavy atom. The summed E-state index contributed by atoms with van der Waals surface area (Å²) < 4.78 is 51.4. The molecule has 5 rings (SSSR count). The van der Waals surface area contributed by atoms with Crippen molar-refractivity contribution >= 4 is 17.8 Å². The fourth-order valence-corrected chi connectivity index (χ4v) is 6.06. The molecule has 0 amide bonds. The van der Waals surface area contributed by atoms with E-state index in [1.807, 2.05) is 4.90 Å². The van der Waals surface area contributed by atoms with Crippen molar-refractivity contribution in [2.45, 2.75) is 69.6 Å². The zero-order valence-electron chi connectivity index (χ0n) is 21.6. The molecule has 0 aromatic carbocycles. The first-order chi connectivity index (χ1) is 18.3. The van der Waals surface area contributed by atoms with Crippen molar-refractivity contribution < 1.29 is 27.4 Å². The summed E-state index contributed by atoms with van der Waals surface area (Å²) in [5, 5.41) is 3.61. The molecule has 38 heavy (non-hydrogen) atoms. The van der Waals surface area contributed by atoms with Gasteiger partial charge in [0, 0.05) is 50.7 Å². The summed E-state index contributed by atoms with van der Waals surface area (Å²) in [5.41, 5.74) is 1.22. The van der Waals surface area contributed by atoms with E-state index in [1.165, 1.54) is 19.6 Å². The Morgan fingerprint density at radius 3 is 2.71 bits per heavy atom. The van der Waals surface area contributed by atoms with Crippen molar-refractivity contribution in [3.8, 4) is 5.88 Å². The van der Waals surface area contributed by atoms with E-state index in [4.69, 9.17) is 9.47 Å². The van der Waals surface area contributed by atoms with Crippen LogP contribution in [0.2, 0.25) is 0 Å². The summed E-state index contributed by atoms with van der Waals surface area (Å²) in [6.07, 6.45) is 4.46. The molecule has 0 radical (unpaired) electrons. The lowest BCUT2D eigenvalue weighted by molar-refractivity contribution is -0.139. The van der Waals surface area contributed by atoms with Gasteiger partial charge < -0.3 is 24.5 Å². The number of fused-ring (bicyclic) bond motifs is 1. The van der Waals surface area contributed by atoms with E-state index in [1.54, 1.807) is 7.11 Å². The molecule has 4 heterocycles. The number of rotatable bonds is 7. The summed E-state index contributed by atoms with van der Waals surface area (Å²) in [6.45, 7) is 1.76. The molecule has 1 aliphatic carbocycles. The van der Waals surface area contributed by atoms with Crippen LogP contribution in [-0.4, -0.2) is 71.8 Å². The van der Waals surface area contributed by atoms with E-state index in [2.05, 4.69) is 25.2 Å². The van der Waals surface area contributed by atoms with E-state index >= 15 is 0 Å². The first-order valence-electron chi connectivity index (χ1n) is 13.0. The van der Waals surface area contributed by atoms with Crippen LogP contribution in [0.15, 0.2) is 18.6 Å². The average molecular weight is 535 g/mol. The summed E-state index contributed by atoms with van der Waals surface area (Å²) in [5.74, 6) is 0.276. The zero-order valence-corrected chi connectivity index (χ0v) is 21.6. The van der Waals surface area contributed by atoms with Gasteiger partial charge in [-0.15, -0.1) is 0 Å². The number of aldehydes is 1. The van der Waals surface area contributed by atoms with Crippen LogP contribution in [0.3, 0.4) is 0 Å². The first-order valence-corrected chi connectivity index (χ1v) is 13.0. The largest absolute Gasteiger partial charge is 0.481 e. The van der Waals surface area contributed by atoms with Gasteiger partial charge in [0.05, 0.1) is 37.0 Å². The number of pyridine rings is 1. The maximum absolute atomic E-state index is 13.6. The lowest BCUT2D eigenvalue weighted by Crippen LogP contribution is -2.52. The summed E-state index contributed by atoms with van der Waals surface area (Å²) in [4.78, 5) is 28.7. The standard InChI is InChI=1S/C26H33F3N6O3/c1-37-22-6-5-16(14-36)10-21(22)35-8-3-4-23(35)33-24-18-13-34(9-7-20(18)31-15-32-24)17-11-19(26(27,28)29)25(38-2)30-12-17/h11-12,14-16,21-23H,3-10,13H2,1-2H3,(H,31,32,33)/t16-,21?,22+,23?/m1/s1. The van der Waals surface area contributed by atoms with Crippen LogP contribution in [0.4, 0.5) is 24.7 Å². The highest BCUT2D eigenvalue weighted by Gasteiger charge is 2.40. The molecule has 2 aliphatic heterocycles. The average Bonchev–Trinajstić information content (AvgIpc) is 3.39. The number of hydrogen-bond donors (Lipinski definition) is 1. The number of ether oxygens (including phenoxy) is 2. The monoisotopic (exact) mass is 534 g/mol. The number of likely N-dealkylation sites (tertiary alicyclic amines) is 1. The Morgan fingerprint density at radius 1 is 1.13 bits per heavy atom. The number of carbonyl (C=O) groups is 1. The molecule has 2 aromatic rings. The molecule has 0 spiro atoms.